The number of aliphatic hydroxyl groups excluding tert-OH is 1. The summed E-state index contributed by atoms with van der Waals surface area (Å²) >= 11 is 0. The number of aliphatic hydroxyl groups is 1. The number of rotatable bonds is 13. The van der Waals surface area contributed by atoms with Crippen molar-refractivity contribution in [2.75, 3.05) is 13.2 Å². The number of nitrogens with one attached hydrogen (secondary N) is 2. The molecule has 13 heteroatoms. The van der Waals surface area contributed by atoms with Gasteiger partial charge in [-0.25, -0.2) is 9.59 Å². The van der Waals surface area contributed by atoms with Crippen LogP contribution >= 0.6 is 0 Å². The van der Waals surface area contributed by atoms with Crippen LogP contribution in [0.4, 0.5) is 4.79 Å². The molecule has 0 bridgehead atoms. The summed E-state index contributed by atoms with van der Waals surface area (Å²) in [6, 6.07) is 10.1. The average Bonchev–Trinajstić information content (AvgIpc) is 2.90. The van der Waals surface area contributed by atoms with Gasteiger partial charge in [0.05, 0.1) is 13.0 Å². The molecule has 0 aromatic heterocycles. The Hall–Kier alpha value is -4.65. The molecule has 2 aromatic rings. The van der Waals surface area contributed by atoms with Crippen molar-refractivity contribution >= 4 is 29.8 Å². The van der Waals surface area contributed by atoms with Crippen LogP contribution in [0, 0.1) is 0 Å². The molecule has 45 heavy (non-hydrogen) atoms. The van der Waals surface area contributed by atoms with E-state index in [0.717, 1.165) is 4.90 Å². The summed E-state index contributed by atoms with van der Waals surface area (Å²) in [6.07, 6.45) is -1.62. The maximum Gasteiger partial charge on any atom is 0.408 e. The zero-order chi connectivity index (χ0) is 33.9. The van der Waals surface area contributed by atoms with Gasteiger partial charge < -0.3 is 41.0 Å². The summed E-state index contributed by atoms with van der Waals surface area (Å²) in [6.45, 7) is 8.80. The van der Waals surface area contributed by atoms with Crippen LogP contribution in [0.25, 0.3) is 0 Å². The van der Waals surface area contributed by atoms with Gasteiger partial charge in [0.2, 0.25) is 17.7 Å². The number of benzene rings is 2. The molecule has 0 saturated carbocycles. The number of hydrogen-bond donors (Lipinski definition) is 5. The van der Waals surface area contributed by atoms with E-state index in [1.54, 1.807) is 71.9 Å². The van der Waals surface area contributed by atoms with E-state index in [9.17, 15) is 34.2 Å². The van der Waals surface area contributed by atoms with Gasteiger partial charge in [-0.3, -0.25) is 14.4 Å². The lowest BCUT2D eigenvalue weighted by atomic mass is 10.00. The van der Waals surface area contributed by atoms with Crippen molar-refractivity contribution in [1.29, 1.82) is 0 Å². The first-order valence-electron chi connectivity index (χ1n) is 14.5. The van der Waals surface area contributed by atoms with Crippen LogP contribution in [-0.2, 0) is 35.1 Å². The largest absolute Gasteiger partial charge is 0.508 e. The summed E-state index contributed by atoms with van der Waals surface area (Å²) in [4.78, 5) is 66.9. The molecule has 0 radical (unpaired) electrons. The zero-order valence-electron chi connectivity index (χ0n) is 26.5. The molecule has 0 aliphatic rings. The van der Waals surface area contributed by atoms with Gasteiger partial charge in [0.25, 0.3) is 0 Å². The fourth-order valence-corrected chi connectivity index (χ4v) is 4.36. The van der Waals surface area contributed by atoms with Crippen LogP contribution in [0.15, 0.2) is 54.6 Å². The van der Waals surface area contributed by atoms with Gasteiger partial charge in [-0.15, -0.1) is 0 Å². The molecular formula is C32H44N4O9. The number of hydrogen-bond acceptors (Lipinski definition) is 9. The van der Waals surface area contributed by atoms with Crippen LogP contribution in [0.5, 0.6) is 5.75 Å². The van der Waals surface area contributed by atoms with E-state index in [-0.39, 0.29) is 17.7 Å². The van der Waals surface area contributed by atoms with Gasteiger partial charge in [-0.2, -0.15) is 0 Å². The number of nitrogens with two attached hydrogens (primary N) is 1. The van der Waals surface area contributed by atoms with Gasteiger partial charge in [0.1, 0.15) is 35.1 Å². The van der Waals surface area contributed by atoms with E-state index in [1.165, 1.54) is 24.3 Å². The monoisotopic (exact) mass is 628 g/mol. The second-order valence-corrected chi connectivity index (χ2v) is 12.4. The predicted molar refractivity (Wildman–Crippen MR) is 165 cm³/mol. The number of carbonyl (C=O) groups is 5. The van der Waals surface area contributed by atoms with E-state index < -0.39 is 78.7 Å². The summed E-state index contributed by atoms with van der Waals surface area (Å²) in [5.41, 5.74) is 4.40. The number of nitrogens with zero attached hydrogens (tertiary/aromatic N) is 1. The lowest BCUT2D eigenvalue weighted by Gasteiger charge is -2.35. The van der Waals surface area contributed by atoms with Crippen LogP contribution in [0.3, 0.4) is 0 Å². The van der Waals surface area contributed by atoms with E-state index in [2.05, 4.69) is 10.6 Å². The average molecular weight is 629 g/mol. The third kappa shape index (κ3) is 12.5. The predicted octanol–water partition coefficient (Wildman–Crippen LogP) is 2.09. The third-order valence-corrected chi connectivity index (χ3v) is 6.05. The van der Waals surface area contributed by atoms with Crippen molar-refractivity contribution in [2.24, 2.45) is 5.73 Å². The fourth-order valence-electron chi connectivity index (χ4n) is 4.36. The number of ether oxygens (including phenoxy) is 2. The molecule has 2 rings (SSSR count). The van der Waals surface area contributed by atoms with Crippen molar-refractivity contribution in [2.45, 2.75) is 83.7 Å². The number of phenols is 1. The summed E-state index contributed by atoms with van der Waals surface area (Å²) in [5, 5.41) is 25.2. The highest BCUT2D eigenvalue weighted by atomic mass is 16.6. The fraction of sp³-hybridized carbons (Fsp3) is 0.469. The molecule has 3 atom stereocenters. The number of esters is 1. The Morgan fingerprint density at radius 1 is 0.867 bits per heavy atom. The Labute approximate surface area is 263 Å². The minimum absolute atomic E-state index is 0.0483. The quantitative estimate of drug-likeness (QED) is 0.206. The Balaban J connectivity index is 2.58. The lowest BCUT2D eigenvalue weighted by Crippen LogP contribution is -2.56. The van der Waals surface area contributed by atoms with Crippen LogP contribution in [0.1, 0.15) is 65.1 Å². The maximum atomic E-state index is 14.1. The summed E-state index contributed by atoms with van der Waals surface area (Å²) in [5.74, 6) is -3.69. The Morgan fingerprint density at radius 2 is 1.49 bits per heavy atom. The molecule has 13 nitrogen and oxygen atoms in total. The SMILES string of the molecule is CC(C)(C)OC(=O)NC(CC(N)=O)C(=O)N(CCO)C(C(=O)NC(Cc1ccccc1)C(=O)OC(C)(C)C)c1cccc(O)c1. The van der Waals surface area contributed by atoms with Gasteiger partial charge in [0, 0.05) is 13.0 Å². The lowest BCUT2D eigenvalue weighted by molar-refractivity contribution is -0.159. The maximum absolute atomic E-state index is 14.1. The molecule has 3 unspecified atom stereocenters. The molecular weight excluding hydrogens is 584 g/mol. The normalized spacial score (nSPS) is 13.5. The van der Waals surface area contributed by atoms with Gasteiger partial charge in [-0.05, 0) is 64.8 Å². The second-order valence-electron chi connectivity index (χ2n) is 12.4. The minimum Gasteiger partial charge on any atom is -0.508 e. The van der Waals surface area contributed by atoms with E-state index in [1.807, 2.05) is 0 Å². The van der Waals surface area contributed by atoms with E-state index in [4.69, 9.17) is 15.2 Å². The third-order valence-electron chi connectivity index (χ3n) is 6.05. The number of aromatic hydroxyl groups is 1. The van der Waals surface area contributed by atoms with Gasteiger partial charge in [0.15, 0.2) is 0 Å². The second kappa shape index (κ2) is 15.9. The number of phenolic OH excluding ortho intramolecular Hbond substituents is 1. The Bertz CT molecular complexity index is 1340. The molecule has 0 aliphatic heterocycles. The molecule has 0 spiro atoms. The van der Waals surface area contributed by atoms with Gasteiger partial charge in [-0.1, -0.05) is 42.5 Å². The number of primary amides is 1. The standard InChI is InChI=1S/C32H44N4O9/c1-31(2,3)44-29(42)24(17-20-11-8-7-9-12-20)34-27(40)26(21-13-10-14-22(38)18-21)36(15-16-37)28(41)23(19-25(33)39)35-30(43)45-32(4,5)6/h7-14,18,23-24,26,37-38H,15-17,19H2,1-6H3,(H2,33,39)(H,34,40)(H,35,43). The Morgan fingerprint density at radius 3 is 2.02 bits per heavy atom. The molecule has 4 amide bonds. The van der Waals surface area contributed by atoms with Crippen LogP contribution in [-0.4, -0.2) is 81.3 Å². The number of alkyl carbamates (subject to hydrolysis) is 1. The van der Waals surface area contributed by atoms with Crippen molar-refractivity contribution in [1.82, 2.24) is 15.5 Å². The van der Waals surface area contributed by atoms with Crippen molar-refractivity contribution in [3.63, 3.8) is 0 Å². The molecule has 0 aliphatic carbocycles. The molecule has 246 valence electrons. The van der Waals surface area contributed by atoms with Gasteiger partial charge >= 0.3 is 12.1 Å². The smallest absolute Gasteiger partial charge is 0.408 e. The van der Waals surface area contributed by atoms with Crippen LogP contribution < -0.4 is 16.4 Å². The molecule has 6 N–H and O–H groups in total. The molecule has 0 saturated heterocycles. The van der Waals surface area contributed by atoms with E-state index >= 15 is 0 Å². The minimum atomic E-state index is -1.58. The molecule has 0 heterocycles. The summed E-state index contributed by atoms with van der Waals surface area (Å²) < 4.78 is 10.8. The zero-order valence-corrected chi connectivity index (χ0v) is 26.5. The van der Waals surface area contributed by atoms with E-state index in [0.29, 0.717) is 5.56 Å². The first-order valence-corrected chi connectivity index (χ1v) is 14.5. The summed E-state index contributed by atoms with van der Waals surface area (Å²) in [7, 11) is 0. The molecule has 0 fully saturated rings. The Kier molecular flexibility index (Phi) is 12.9. The van der Waals surface area contributed by atoms with Crippen molar-refractivity contribution in [3.05, 3.63) is 65.7 Å². The van der Waals surface area contributed by atoms with Crippen molar-refractivity contribution in [3.8, 4) is 5.75 Å². The highest BCUT2D eigenvalue weighted by Gasteiger charge is 2.39. The molecule has 2 aromatic carbocycles. The highest BCUT2D eigenvalue weighted by molar-refractivity contribution is 5.95. The first kappa shape index (κ1) is 36.5. The van der Waals surface area contributed by atoms with Crippen LogP contribution in [0.2, 0.25) is 0 Å². The first-order chi connectivity index (χ1) is 20.9. The highest BCUT2D eigenvalue weighted by Crippen LogP contribution is 2.26. The van der Waals surface area contributed by atoms with Crippen molar-refractivity contribution < 1.29 is 43.7 Å². The number of carbonyl (C=O) groups excluding carboxylic acids is 5. The topological polar surface area (TPSA) is 198 Å². The number of amides is 4.